The summed E-state index contributed by atoms with van der Waals surface area (Å²) in [7, 11) is 0. The molecule has 98 valence electrons. The van der Waals surface area contributed by atoms with Crippen molar-refractivity contribution < 1.29 is 18.0 Å². The van der Waals surface area contributed by atoms with Crippen molar-refractivity contribution in [3.63, 3.8) is 0 Å². The minimum Gasteiger partial charge on any atom is -0.398 e. The van der Waals surface area contributed by atoms with Crippen LogP contribution in [0.3, 0.4) is 0 Å². The maximum atomic E-state index is 13.3. The number of nitrogen functional groups attached to an aromatic ring is 1. The molecular weight excluding hydrogens is 257 g/mol. The smallest absolute Gasteiger partial charge is 0.257 e. The van der Waals surface area contributed by atoms with Crippen molar-refractivity contribution in [2.75, 3.05) is 11.1 Å². The van der Waals surface area contributed by atoms with Crippen molar-refractivity contribution in [1.29, 1.82) is 0 Å². The Morgan fingerprint density at radius 1 is 1.00 bits per heavy atom. The van der Waals surface area contributed by atoms with E-state index in [-0.39, 0.29) is 16.9 Å². The summed E-state index contributed by atoms with van der Waals surface area (Å²) in [6, 6.07) is 5.96. The molecule has 2 aromatic carbocycles. The van der Waals surface area contributed by atoms with E-state index in [4.69, 9.17) is 5.73 Å². The zero-order valence-corrected chi connectivity index (χ0v) is 9.58. The minimum atomic E-state index is -0.927. The van der Waals surface area contributed by atoms with E-state index in [0.29, 0.717) is 6.07 Å². The van der Waals surface area contributed by atoms with Crippen LogP contribution in [0, 0.1) is 17.5 Å². The molecule has 0 atom stereocenters. The summed E-state index contributed by atoms with van der Waals surface area (Å²) in [5.41, 5.74) is 5.25. The van der Waals surface area contributed by atoms with Gasteiger partial charge in [-0.15, -0.1) is 0 Å². The van der Waals surface area contributed by atoms with E-state index in [0.717, 1.165) is 24.3 Å². The molecule has 0 aliphatic carbocycles. The molecule has 0 saturated carbocycles. The number of nitrogens with two attached hydrogens (primary N) is 1. The van der Waals surface area contributed by atoms with Crippen LogP contribution < -0.4 is 11.1 Å². The van der Waals surface area contributed by atoms with Crippen molar-refractivity contribution in [1.82, 2.24) is 0 Å². The predicted molar refractivity (Wildman–Crippen MR) is 65.1 cm³/mol. The molecule has 0 saturated heterocycles. The molecule has 19 heavy (non-hydrogen) atoms. The zero-order valence-electron chi connectivity index (χ0n) is 9.58. The second-order valence-electron chi connectivity index (χ2n) is 3.81. The molecule has 0 aromatic heterocycles. The van der Waals surface area contributed by atoms with Gasteiger partial charge in [0.05, 0.1) is 11.3 Å². The molecule has 1 amide bonds. The third-order valence-electron chi connectivity index (χ3n) is 2.44. The second-order valence-corrected chi connectivity index (χ2v) is 3.81. The van der Waals surface area contributed by atoms with Gasteiger partial charge < -0.3 is 11.1 Å². The molecule has 3 N–H and O–H groups in total. The summed E-state index contributed by atoms with van der Waals surface area (Å²) in [5.74, 6) is -3.11. The first-order valence-corrected chi connectivity index (χ1v) is 5.29. The van der Waals surface area contributed by atoms with Gasteiger partial charge in [0.15, 0.2) is 0 Å². The lowest BCUT2D eigenvalue weighted by Gasteiger charge is -2.08. The number of amides is 1. The van der Waals surface area contributed by atoms with Gasteiger partial charge in [-0.2, -0.15) is 0 Å². The highest BCUT2D eigenvalue weighted by Gasteiger charge is 2.13. The molecule has 0 aliphatic heterocycles. The fourth-order valence-electron chi connectivity index (χ4n) is 1.51. The lowest BCUT2D eigenvalue weighted by molar-refractivity contribution is 0.102. The van der Waals surface area contributed by atoms with Crippen LogP contribution in [-0.2, 0) is 0 Å². The Kier molecular flexibility index (Phi) is 3.41. The van der Waals surface area contributed by atoms with E-state index in [2.05, 4.69) is 5.32 Å². The highest BCUT2D eigenvalue weighted by Crippen LogP contribution is 2.19. The van der Waals surface area contributed by atoms with E-state index in [1.165, 1.54) is 6.07 Å². The Labute approximate surface area is 106 Å². The average molecular weight is 266 g/mol. The van der Waals surface area contributed by atoms with Crippen LogP contribution in [0.25, 0.3) is 0 Å². The van der Waals surface area contributed by atoms with Crippen LogP contribution in [0.2, 0.25) is 0 Å². The van der Waals surface area contributed by atoms with Crippen molar-refractivity contribution >= 4 is 17.3 Å². The minimum absolute atomic E-state index is 0.0569. The van der Waals surface area contributed by atoms with Crippen LogP contribution in [0.4, 0.5) is 24.5 Å². The first kappa shape index (κ1) is 12.9. The van der Waals surface area contributed by atoms with E-state index >= 15 is 0 Å². The van der Waals surface area contributed by atoms with Crippen molar-refractivity contribution in [3.8, 4) is 0 Å². The predicted octanol–water partition coefficient (Wildman–Crippen LogP) is 2.94. The molecule has 2 rings (SSSR count). The van der Waals surface area contributed by atoms with Gasteiger partial charge in [0.2, 0.25) is 0 Å². The topological polar surface area (TPSA) is 55.1 Å². The first-order valence-electron chi connectivity index (χ1n) is 5.29. The second kappa shape index (κ2) is 5.01. The van der Waals surface area contributed by atoms with Crippen molar-refractivity contribution in [2.45, 2.75) is 0 Å². The number of hydrogen-bond acceptors (Lipinski definition) is 2. The van der Waals surface area contributed by atoms with Gasteiger partial charge in [0, 0.05) is 11.8 Å². The summed E-state index contributed by atoms with van der Waals surface area (Å²) in [6.07, 6.45) is 0. The highest BCUT2D eigenvalue weighted by molar-refractivity contribution is 6.07. The highest BCUT2D eigenvalue weighted by atomic mass is 19.1. The number of anilines is 2. The number of halogens is 3. The first-order chi connectivity index (χ1) is 8.97. The molecule has 2 aromatic rings. The van der Waals surface area contributed by atoms with E-state index in [1.807, 2.05) is 0 Å². The van der Waals surface area contributed by atoms with E-state index in [9.17, 15) is 18.0 Å². The maximum Gasteiger partial charge on any atom is 0.257 e. The Bertz CT molecular complexity index is 644. The quantitative estimate of drug-likeness (QED) is 0.821. The molecule has 0 unspecified atom stereocenters. The Morgan fingerprint density at radius 3 is 2.32 bits per heavy atom. The third-order valence-corrected chi connectivity index (χ3v) is 2.44. The lowest BCUT2D eigenvalue weighted by Crippen LogP contribution is -2.15. The van der Waals surface area contributed by atoms with Crippen LogP contribution in [0.15, 0.2) is 36.4 Å². The molecule has 3 nitrogen and oxygen atoms in total. The van der Waals surface area contributed by atoms with Gasteiger partial charge in [-0.1, -0.05) is 0 Å². The van der Waals surface area contributed by atoms with Crippen molar-refractivity contribution in [2.24, 2.45) is 0 Å². The molecule has 0 fully saturated rings. The summed E-state index contributed by atoms with van der Waals surface area (Å²) < 4.78 is 39.1. The van der Waals surface area contributed by atoms with Gasteiger partial charge in [0.1, 0.15) is 17.5 Å². The third kappa shape index (κ3) is 2.85. The van der Waals surface area contributed by atoms with Crippen LogP contribution >= 0.6 is 0 Å². The Hall–Kier alpha value is -2.50. The van der Waals surface area contributed by atoms with Gasteiger partial charge in [0.25, 0.3) is 5.91 Å². The largest absolute Gasteiger partial charge is 0.398 e. The number of hydrogen-bond donors (Lipinski definition) is 2. The molecule has 6 heteroatoms. The normalized spacial score (nSPS) is 10.3. The maximum absolute atomic E-state index is 13.3. The van der Waals surface area contributed by atoms with Crippen molar-refractivity contribution in [3.05, 3.63) is 59.4 Å². The van der Waals surface area contributed by atoms with E-state index in [1.54, 1.807) is 0 Å². The summed E-state index contributed by atoms with van der Waals surface area (Å²) in [6.45, 7) is 0. The number of carbonyl (C=O) groups is 1. The summed E-state index contributed by atoms with van der Waals surface area (Å²) >= 11 is 0. The Balaban J connectivity index is 2.28. The Morgan fingerprint density at radius 2 is 1.63 bits per heavy atom. The number of benzene rings is 2. The summed E-state index contributed by atoms with van der Waals surface area (Å²) in [5, 5.41) is 2.19. The molecule has 0 heterocycles. The van der Waals surface area contributed by atoms with Crippen LogP contribution in [-0.4, -0.2) is 5.91 Å². The fraction of sp³-hybridized carbons (Fsp3) is 0. The monoisotopic (exact) mass is 266 g/mol. The number of nitrogens with one attached hydrogen (secondary N) is 1. The molecule has 0 aliphatic rings. The number of carbonyl (C=O) groups excluding carboxylic acids is 1. The van der Waals surface area contributed by atoms with Gasteiger partial charge in [-0.3, -0.25) is 4.79 Å². The standard InChI is InChI=1S/C13H9F3N2O/c14-7-1-3-11(17)9(5-7)13(19)18-12-4-2-8(15)6-10(12)16/h1-6H,17H2,(H,18,19). The molecule has 0 bridgehead atoms. The average Bonchev–Trinajstić information content (AvgIpc) is 2.35. The summed E-state index contributed by atoms with van der Waals surface area (Å²) in [4.78, 5) is 11.8. The van der Waals surface area contributed by atoms with Gasteiger partial charge in [-0.25, -0.2) is 13.2 Å². The van der Waals surface area contributed by atoms with Crippen LogP contribution in [0.1, 0.15) is 10.4 Å². The lowest BCUT2D eigenvalue weighted by atomic mass is 10.1. The molecule has 0 radical (unpaired) electrons. The van der Waals surface area contributed by atoms with Gasteiger partial charge in [-0.05, 0) is 30.3 Å². The van der Waals surface area contributed by atoms with E-state index < -0.39 is 23.4 Å². The van der Waals surface area contributed by atoms with Crippen LogP contribution in [0.5, 0.6) is 0 Å². The SMILES string of the molecule is Nc1ccc(F)cc1C(=O)Nc1ccc(F)cc1F. The zero-order chi connectivity index (χ0) is 14.0. The fourth-order valence-corrected chi connectivity index (χ4v) is 1.51. The van der Waals surface area contributed by atoms with Gasteiger partial charge >= 0.3 is 0 Å². The number of rotatable bonds is 2. The molecular formula is C13H9F3N2O. The molecule has 0 spiro atoms.